The average molecular weight is 471 g/mol. The molecular formula is C20H18Cl2F2N4OS. The van der Waals surface area contributed by atoms with Crippen molar-refractivity contribution in [1.29, 1.82) is 0 Å². The zero-order valence-electron chi connectivity index (χ0n) is 15.9. The lowest BCUT2D eigenvalue weighted by Gasteiger charge is -2.14. The van der Waals surface area contributed by atoms with Crippen molar-refractivity contribution in [2.75, 3.05) is 5.32 Å². The van der Waals surface area contributed by atoms with Crippen molar-refractivity contribution in [1.82, 2.24) is 14.1 Å². The predicted molar refractivity (Wildman–Crippen MR) is 116 cm³/mol. The number of aromatic nitrogens is 3. The molecule has 5 nitrogen and oxygen atoms in total. The fourth-order valence-corrected chi connectivity index (χ4v) is 4.28. The van der Waals surface area contributed by atoms with Crippen LogP contribution in [0, 0.1) is 16.4 Å². The van der Waals surface area contributed by atoms with E-state index in [4.69, 9.17) is 23.8 Å². The molecule has 30 heavy (non-hydrogen) atoms. The number of rotatable bonds is 4. The van der Waals surface area contributed by atoms with Gasteiger partial charge in [-0.15, -0.1) is 12.4 Å². The molecule has 0 saturated heterocycles. The van der Waals surface area contributed by atoms with Crippen LogP contribution in [0.15, 0.2) is 36.7 Å². The minimum absolute atomic E-state index is 0. The third-order valence-electron chi connectivity index (χ3n) is 5.20. The Morgan fingerprint density at radius 3 is 2.70 bits per heavy atom. The van der Waals surface area contributed by atoms with Gasteiger partial charge in [-0.05, 0) is 42.9 Å². The molecule has 1 aliphatic rings. The molecule has 0 radical (unpaired) electrons. The van der Waals surface area contributed by atoms with Crippen LogP contribution in [0.2, 0.25) is 5.02 Å². The first kappa shape index (κ1) is 22.4. The number of imidazole rings is 1. The number of nitrogens with zero attached hydrogens (tertiary/aromatic N) is 3. The molecule has 1 aromatic carbocycles. The highest BCUT2D eigenvalue weighted by molar-refractivity contribution is 7.71. The van der Waals surface area contributed by atoms with Gasteiger partial charge in [0.05, 0.1) is 11.4 Å². The number of halogens is 4. The van der Waals surface area contributed by atoms with E-state index in [0.29, 0.717) is 23.4 Å². The predicted octanol–water partition coefficient (Wildman–Crippen LogP) is 4.83. The number of carbonyl (C=O) groups excluding carboxylic acids is 1. The Labute approximate surface area is 188 Å². The molecular weight excluding hydrogens is 453 g/mol. The van der Waals surface area contributed by atoms with Crippen LogP contribution in [0.4, 0.5) is 14.5 Å². The van der Waals surface area contributed by atoms with Gasteiger partial charge in [0.1, 0.15) is 11.6 Å². The molecule has 3 heterocycles. The number of carbonyl (C=O) groups is 1. The fraction of sp³-hybridized carbons (Fsp3) is 0.250. The lowest BCUT2D eigenvalue weighted by atomic mass is 9.95. The topological polar surface area (TPSA) is 51.9 Å². The van der Waals surface area contributed by atoms with Gasteiger partial charge in [-0.3, -0.25) is 9.78 Å². The largest absolute Gasteiger partial charge is 0.326 e. The van der Waals surface area contributed by atoms with Crippen LogP contribution in [0.3, 0.4) is 0 Å². The first-order chi connectivity index (χ1) is 13.9. The standard InChI is InChI=1S/C20H17ClF2N4OS.ClH/c1-26-15(9-17(28)25-12-4-6-24-7-5-12)16-8-11(10-27(16)20(26)29)18-14(22)3-2-13(21)19(18)23;/h2-7,11H,8-10H2,1H3,(H,24,25,28);1H. The lowest BCUT2D eigenvalue weighted by molar-refractivity contribution is -0.115. The third-order valence-corrected chi connectivity index (χ3v) is 5.99. The molecule has 1 atom stereocenters. The van der Waals surface area contributed by atoms with Gasteiger partial charge in [0.2, 0.25) is 5.91 Å². The monoisotopic (exact) mass is 470 g/mol. The normalized spacial score (nSPS) is 14.9. The summed E-state index contributed by atoms with van der Waals surface area (Å²) in [6.45, 7) is 0.335. The Bertz CT molecular complexity index is 1160. The lowest BCUT2D eigenvalue weighted by Crippen LogP contribution is -2.17. The van der Waals surface area contributed by atoms with Gasteiger partial charge < -0.3 is 14.5 Å². The minimum Gasteiger partial charge on any atom is -0.326 e. The smallest absolute Gasteiger partial charge is 0.230 e. The van der Waals surface area contributed by atoms with E-state index < -0.39 is 17.6 Å². The maximum absolute atomic E-state index is 14.5. The van der Waals surface area contributed by atoms with E-state index >= 15 is 0 Å². The summed E-state index contributed by atoms with van der Waals surface area (Å²) in [4.78, 5) is 16.4. The molecule has 1 N–H and O–H groups in total. The molecule has 3 aromatic rings. The summed E-state index contributed by atoms with van der Waals surface area (Å²) in [5, 5.41) is 2.70. The zero-order valence-corrected chi connectivity index (χ0v) is 18.3. The van der Waals surface area contributed by atoms with Crippen LogP contribution < -0.4 is 5.32 Å². The molecule has 0 bridgehead atoms. The summed E-state index contributed by atoms with van der Waals surface area (Å²) in [5.74, 6) is -2.02. The van der Waals surface area contributed by atoms with E-state index in [1.165, 1.54) is 12.1 Å². The maximum atomic E-state index is 14.5. The highest BCUT2D eigenvalue weighted by Crippen LogP contribution is 2.37. The maximum Gasteiger partial charge on any atom is 0.230 e. The second-order valence-corrected chi connectivity index (χ2v) is 7.74. The van der Waals surface area contributed by atoms with Crippen LogP contribution >= 0.6 is 36.2 Å². The molecule has 0 spiro atoms. The van der Waals surface area contributed by atoms with Crippen LogP contribution in [-0.4, -0.2) is 20.0 Å². The van der Waals surface area contributed by atoms with Crippen LogP contribution in [0.5, 0.6) is 0 Å². The molecule has 0 aliphatic carbocycles. The fourth-order valence-electron chi connectivity index (χ4n) is 3.82. The molecule has 1 unspecified atom stereocenters. The Balaban J connectivity index is 0.00000256. The van der Waals surface area contributed by atoms with Gasteiger partial charge in [0, 0.05) is 54.5 Å². The number of benzene rings is 1. The summed E-state index contributed by atoms with van der Waals surface area (Å²) in [6.07, 6.45) is 3.64. The number of pyridine rings is 1. The van der Waals surface area contributed by atoms with E-state index in [2.05, 4.69) is 10.3 Å². The molecule has 1 aliphatic heterocycles. The number of fused-ring (bicyclic) bond motifs is 1. The van der Waals surface area contributed by atoms with Gasteiger partial charge in [-0.2, -0.15) is 0 Å². The van der Waals surface area contributed by atoms with Gasteiger partial charge in [-0.1, -0.05) is 11.6 Å². The first-order valence-corrected chi connectivity index (χ1v) is 9.76. The number of anilines is 1. The number of amides is 1. The van der Waals surface area contributed by atoms with Gasteiger partial charge >= 0.3 is 0 Å². The molecule has 10 heteroatoms. The van der Waals surface area contributed by atoms with Gasteiger partial charge in [-0.25, -0.2) is 8.78 Å². The molecule has 0 saturated carbocycles. The Kier molecular flexibility index (Phi) is 6.59. The summed E-state index contributed by atoms with van der Waals surface area (Å²) in [5.41, 5.74) is 2.14. The SMILES string of the molecule is Cl.Cn1c(CC(=O)Nc2ccncc2)c2n(c1=S)CC(c1c(F)ccc(Cl)c1F)C2. The van der Waals surface area contributed by atoms with Crippen molar-refractivity contribution in [3.05, 3.63) is 75.0 Å². The highest BCUT2D eigenvalue weighted by Gasteiger charge is 2.32. The number of hydrogen-bond acceptors (Lipinski definition) is 3. The number of nitrogens with one attached hydrogen (secondary N) is 1. The van der Waals surface area contributed by atoms with E-state index in [1.807, 2.05) is 4.57 Å². The van der Waals surface area contributed by atoms with Crippen molar-refractivity contribution < 1.29 is 13.6 Å². The van der Waals surface area contributed by atoms with Crippen LogP contribution in [0.25, 0.3) is 0 Å². The van der Waals surface area contributed by atoms with Crippen LogP contribution in [-0.2, 0) is 31.2 Å². The second kappa shape index (κ2) is 8.83. The summed E-state index contributed by atoms with van der Waals surface area (Å²) >= 11 is 11.3. The average Bonchev–Trinajstić information content (AvgIpc) is 3.21. The van der Waals surface area contributed by atoms with E-state index in [9.17, 15) is 13.6 Å². The summed E-state index contributed by atoms with van der Waals surface area (Å²) in [7, 11) is 1.79. The molecule has 158 valence electrons. The quantitative estimate of drug-likeness (QED) is 0.438. The summed E-state index contributed by atoms with van der Waals surface area (Å²) in [6, 6.07) is 5.77. The highest BCUT2D eigenvalue weighted by atomic mass is 35.5. The first-order valence-electron chi connectivity index (χ1n) is 8.97. The summed E-state index contributed by atoms with van der Waals surface area (Å²) < 4.78 is 33.0. The minimum atomic E-state index is -0.741. The molecule has 0 fully saturated rings. The van der Waals surface area contributed by atoms with E-state index in [0.717, 1.165) is 11.4 Å². The van der Waals surface area contributed by atoms with Crippen molar-refractivity contribution in [2.24, 2.45) is 7.05 Å². The van der Waals surface area contributed by atoms with Gasteiger partial charge in [0.15, 0.2) is 4.77 Å². The Hall–Kier alpha value is -2.29. The van der Waals surface area contributed by atoms with E-state index in [-0.39, 0.29) is 35.3 Å². The molecule has 4 rings (SSSR count). The van der Waals surface area contributed by atoms with Crippen molar-refractivity contribution in [2.45, 2.75) is 25.3 Å². The number of hydrogen-bond donors (Lipinski definition) is 1. The van der Waals surface area contributed by atoms with Crippen LogP contribution in [0.1, 0.15) is 22.9 Å². The third kappa shape index (κ3) is 3.99. The Morgan fingerprint density at radius 1 is 1.30 bits per heavy atom. The zero-order chi connectivity index (χ0) is 20.7. The van der Waals surface area contributed by atoms with Crippen molar-refractivity contribution in [3.8, 4) is 0 Å². The Morgan fingerprint density at radius 2 is 2.00 bits per heavy atom. The van der Waals surface area contributed by atoms with Crippen molar-refractivity contribution in [3.63, 3.8) is 0 Å². The second-order valence-electron chi connectivity index (χ2n) is 6.96. The molecule has 2 aromatic heterocycles. The van der Waals surface area contributed by atoms with Crippen molar-refractivity contribution >= 4 is 47.8 Å². The van der Waals surface area contributed by atoms with E-state index in [1.54, 1.807) is 36.1 Å². The molecule has 1 amide bonds. The van der Waals surface area contributed by atoms with Gasteiger partial charge in [0.25, 0.3) is 0 Å².